The first-order valence-corrected chi connectivity index (χ1v) is 8.48. The van der Waals surface area contributed by atoms with Crippen LogP contribution in [0.5, 0.6) is 0 Å². The van der Waals surface area contributed by atoms with Crippen molar-refractivity contribution in [2.45, 2.75) is 37.2 Å². The molecule has 0 amide bonds. The molecule has 0 spiro atoms. The van der Waals surface area contributed by atoms with Crippen molar-refractivity contribution >= 4 is 35.2 Å². The molecule has 0 aliphatic heterocycles. The molecule has 2 rings (SSSR count). The highest BCUT2D eigenvalue weighted by atomic mass is 32.2. The maximum absolute atomic E-state index is 4.53. The van der Waals surface area contributed by atoms with Crippen LogP contribution in [-0.4, -0.2) is 43.9 Å². The molecule has 2 heterocycles. The molecule has 1 N–H and O–H groups in total. The molecule has 0 aliphatic rings. The number of nitrogens with zero attached hydrogens (tertiary/aromatic N) is 6. The molecule has 0 bridgehead atoms. The van der Waals surface area contributed by atoms with Crippen LogP contribution in [0.1, 0.15) is 26.6 Å². The van der Waals surface area contributed by atoms with Crippen molar-refractivity contribution in [3.8, 4) is 0 Å². The first kappa shape index (κ1) is 15.9. The summed E-state index contributed by atoms with van der Waals surface area (Å²) in [6, 6.07) is 0. The molecule has 9 heteroatoms. The smallest absolute Gasteiger partial charge is 0.231 e. The van der Waals surface area contributed by atoms with Crippen molar-refractivity contribution in [1.82, 2.24) is 24.3 Å². The van der Waals surface area contributed by atoms with Gasteiger partial charge in [0.15, 0.2) is 4.34 Å². The normalized spacial score (nSPS) is 10.7. The van der Waals surface area contributed by atoms with E-state index in [0.29, 0.717) is 17.1 Å². The fourth-order valence-electron chi connectivity index (χ4n) is 1.67. The van der Waals surface area contributed by atoms with Crippen molar-refractivity contribution in [1.29, 1.82) is 0 Å². The predicted molar refractivity (Wildman–Crippen MR) is 86.3 cm³/mol. The molecule has 21 heavy (non-hydrogen) atoms. The van der Waals surface area contributed by atoms with Gasteiger partial charge in [0.1, 0.15) is 5.82 Å². The molecule has 0 aliphatic carbocycles. The van der Waals surface area contributed by atoms with Crippen LogP contribution in [-0.2, 0) is 0 Å². The lowest BCUT2D eigenvalue weighted by Crippen LogP contribution is -2.25. The number of rotatable bonds is 7. The van der Waals surface area contributed by atoms with Gasteiger partial charge < -0.3 is 10.2 Å². The van der Waals surface area contributed by atoms with Crippen LogP contribution in [0.3, 0.4) is 0 Å². The number of hydrogen-bond donors (Lipinski definition) is 1. The lowest BCUT2D eigenvalue weighted by atomic mass is 10.5. The van der Waals surface area contributed by atoms with E-state index < -0.39 is 0 Å². The minimum Gasteiger partial charge on any atom is -0.354 e. The van der Waals surface area contributed by atoms with E-state index in [9.17, 15) is 0 Å². The summed E-state index contributed by atoms with van der Waals surface area (Å²) < 4.78 is 5.01. The van der Waals surface area contributed by atoms with E-state index in [0.717, 1.165) is 29.8 Å². The molecule has 0 unspecified atom stereocenters. The first-order valence-electron chi connectivity index (χ1n) is 6.89. The molecule has 7 nitrogen and oxygen atoms in total. The van der Waals surface area contributed by atoms with E-state index in [1.165, 1.54) is 23.3 Å². The number of aryl methyl sites for hydroxylation is 1. The summed E-state index contributed by atoms with van der Waals surface area (Å²) in [5.74, 6) is 2.06. The zero-order valence-electron chi connectivity index (χ0n) is 12.6. The van der Waals surface area contributed by atoms with Crippen LogP contribution in [0.4, 0.5) is 11.9 Å². The van der Waals surface area contributed by atoms with Gasteiger partial charge in [-0.15, -0.1) is 0 Å². The Labute approximate surface area is 132 Å². The SMILES string of the molecule is CCNc1nc(Sc2nc(C)ns2)nc(N(CC)CC)n1. The number of anilines is 2. The Balaban J connectivity index is 2.30. The average molecular weight is 325 g/mol. The number of nitrogens with one attached hydrogen (secondary N) is 1. The summed E-state index contributed by atoms with van der Waals surface area (Å²) in [5.41, 5.74) is 0. The highest BCUT2D eigenvalue weighted by molar-refractivity contribution is 8.00. The number of aromatic nitrogens is 5. The summed E-state index contributed by atoms with van der Waals surface area (Å²) in [6.45, 7) is 10.5. The second-order valence-corrected chi connectivity index (χ2v) is 6.12. The maximum Gasteiger partial charge on any atom is 0.231 e. The minimum absolute atomic E-state index is 0.595. The van der Waals surface area contributed by atoms with Gasteiger partial charge in [-0.2, -0.15) is 19.3 Å². The van der Waals surface area contributed by atoms with Gasteiger partial charge in [0.25, 0.3) is 0 Å². The maximum atomic E-state index is 4.53. The zero-order valence-corrected chi connectivity index (χ0v) is 14.3. The van der Waals surface area contributed by atoms with E-state index in [2.05, 4.69) is 48.4 Å². The molecule has 0 saturated carbocycles. The second-order valence-electron chi connectivity index (χ2n) is 4.15. The van der Waals surface area contributed by atoms with Crippen molar-refractivity contribution in [3.63, 3.8) is 0 Å². The fourth-order valence-corrected chi connectivity index (χ4v) is 3.18. The largest absolute Gasteiger partial charge is 0.354 e. The fraction of sp³-hybridized carbons (Fsp3) is 0.583. The highest BCUT2D eigenvalue weighted by Crippen LogP contribution is 2.27. The molecule has 114 valence electrons. The summed E-state index contributed by atoms with van der Waals surface area (Å²) in [7, 11) is 0. The van der Waals surface area contributed by atoms with E-state index in [1.54, 1.807) is 0 Å². The third-order valence-corrected chi connectivity index (χ3v) is 4.38. The first-order chi connectivity index (χ1) is 10.2. The molecule has 0 saturated heterocycles. The van der Waals surface area contributed by atoms with E-state index in [1.807, 2.05) is 13.8 Å². The number of hydrogen-bond acceptors (Lipinski definition) is 9. The predicted octanol–water partition coefficient (Wildman–Crippen LogP) is 2.46. The minimum atomic E-state index is 0.595. The van der Waals surface area contributed by atoms with Crippen molar-refractivity contribution in [2.75, 3.05) is 29.9 Å². The topological polar surface area (TPSA) is 79.7 Å². The molecular weight excluding hydrogens is 306 g/mol. The van der Waals surface area contributed by atoms with Gasteiger partial charge in [-0.25, -0.2) is 4.98 Å². The summed E-state index contributed by atoms with van der Waals surface area (Å²) in [4.78, 5) is 19.8. The molecule has 0 fully saturated rings. The van der Waals surface area contributed by atoms with Crippen LogP contribution >= 0.6 is 23.3 Å². The lowest BCUT2D eigenvalue weighted by molar-refractivity contribution is 0.782. The Bertz CT molecular complexity index is 583. The van der Waals surface area contributed by atoms with Crippen LogP contribution in [0.15, 0.2) is 9.50 Å². The third kappa shape index (κ3) is 4.24. The van der Waals surface area contributed by atoms with Gasteiger partial charge in [-0.05, 0) is 51.0 Å². The quantitative estimate of drug-likeness (QED) is 0.831. The van der Waals surface area contributed by atoms with E-state index >= 15 is 0 Å². The van der Waals surface area contributed by atoms with Gasteiger partial charge in [-0.3, -0.25) is 0 Å². The van der Waals surface area contributed by atoms with Gasteiger partial charge in [0.2, 0.25) is 17.1 Å². The third-order valence-electron chi connectivity index (χ3n) is 2.67. The van der Waals surface area contributed by atoms with E-state index in [4.69, 9.17) is 0 Å². The van der Waals surface area contributed by atoms with Crippen LogP contribution in [0, 0.1) is 6.92 Å². The van der Waals surface area contributed by atoms with Crippen molar-refractivity contribution in [2.24, 2.45) is 0 Å². The molecule has 0 atom stereocenters. The Kier molecular flexibility index (Phi) is 5.68. The summed E-state index contributed by atoms with van der Waals surface area (Å²) >= 11 is 2.77. The van der Waals surface area contributed by atoms with Crippen LogP contribution < -0.4 is 10.2 Å². The molecular formula is C12H19N7S2. The van der Waals surface area contributed by atoms with Gasteiger partial charge >= 0.3 is 0 Å². The van der Waals surface area contributed by atoms with Gasteiger partial charge in [0.05, 0.1) is 0 Å². The average Bonchev–Trinajstić information content (AvgIpc) is 2.86. The van der Waals surface area contributed by atoms with Crippen molar-refractivity contribution in [3.05, 3.63) is 5.82 Å². The molecule has 0 aromatic carbocycles. The van der Waals surface area contributed by atoms with Gasteiger partial charge in [0, 0.05) is 19.6 Å². The van der Waals surface area contributed by atoms with E-state index in [-0.39, 0.29) is 0 Å². The summed E-state index contributed by atoms with van der Waals surface area (Å²) in [6.07, 6.45) is 0. The zero-order chi connectivity index (χ0) is 15.2. The molecule has 0 radical (unpaired) electrons. The molecule has 2 aromatic rings. The monoisotopic (exact) mass is 325 g/mol. The van der Waals surface area contributed by atoms with Gasteiger partial charge in [-0.1, -0.05) is 0 Å². The Morgan fingerprint density at radius 2 is 1.86 bits per heavy atom. The Hall–Kier alpha value is -1.48. The van der Waals surface area contributed by atoms with Crippen LogP contribution in [0.2, 0.25) is 0 Å². The summed E-state index contributed by atoms with van der Waals surface area (Å²) in [5, 5.41) is 3.79. The lowest BCUT2D eigenvalue weighted by Gasteiger charge is -2.19. The second kappa shape index (κ2) is 7.51. The Morgan fingerprint density at radius 3 is 2.43 bits per heavy atom. The van der Waals surface area contributed by atoms with Crippen LogP contribution in [0.25, 0.3) is 0 Å². The Morgan fingerprint density at radius 1 is 1.10 bits per heavy atom. The standard InChI is InChI=1S/C12H19N7S2/c1-5-13-9-15-10(19(6-2)7-3)17-11(16-9)20-12-14-8(4)18-21-12/h5-7H2,1-4H3,(H,13,15,16,17). The molecule has 2 aromatic heterocycles. The highest BCUT2D eigenvalue weighted by Gasteiger charge is 2.13. The van der Waals surface area contributed by atoms with Crippen molar-refractivity contribution < 1.29 is 0 Å².